The van der Waals surface area contributed by atoms with Crippen LogP contribution in [0.2, 0.25) is 0 Å². The van der Waals surface area contributed by atoms with Gasteiger partial charge in [-0.3, -0.25) is 24.4 Å². The van der Waals surface area contributed by atoms with E-state index in [1.54, 1.807) is 35.2 Å². The number of ether oxygens (including phenoxy) is 1. The topological polar surface area (TPSA) is 169 Å². The van der Waals surface area contributed by atoms with Gasteiger partial charge in [0.2, 0.25) is 21.8 Å². The number of carbonyl (C=O) groups excluding carboxylic acids is 4. The van der Waals surface area contributed by atoms with Gasteiger partial charge in [-0.05, 0) is 76.0 Å². The molecule has 2 heterocycles. The maximum absolute atomic E-state index is 13.9. The summed E-state index contributed by atoms with van der Waals surface area (Å²) >= 11 is 0. The van der Waals surface area contributed by atoms with Gasteiger partial charge in [-0.15, -0.1) is 0 Å². The Balaban J connectivity index is 1.20. The second-order valence-corrected chi connectivity index (χ2v) is 14.9. The number of rotatable bonds is 6. The Labute approximate surface area is 268 Å². The van der Waals surface area contributed by atoms with Crippen LogP contribution in [0.1, 0.15) is 56.9 Å². The zero-order chi connectivity index (χ0) is 32.6. The van der Waals surface area contributed by atoms with E-state index in [2.05, 4.69) is 20.3 Å². The molecule has 0 spiro atoms. The fraction of sp³-hybridized carbons (Fsp3) is 0.531. The molecule has 1 aromatic carbocycles. The van der Waals surface area contributed by atoms with Crippen LogP contribution in [0, 0.1) is 24.7 Å². The monoisotopic (exact) mass is 652 g/mol. The minimum atomic E-state index is -3.83. The fourth-order valence-corrected chi connectivity index (χ4v) is 7.92. The van der Waals surface area contributed by atoms with E-state index < -0.39 is 56.7 Å². The van der Waals surface area contributed by atoms with Gasteiger partial charge in [0.25, 0.3) is 5.91 Å². The standard InChI is InChI=1S/C32H40N6O7S/c1-20-8-11-27(38-14-12-33-19-38)26(15-20)34-31(42)45-22-16-24-25(17-22)29(40)37(2)13-6-4-3-5-7-21-18-32(21,35-28(24)39)30(41)36-46(43,44)23-9-10-23/h5,7-8,11-12,14-15,19,21-25H,3-4,6,9-10,13,16-18H2,1-2H3,(H,34,42)(H,35,39)(H,36,41)/b7-5+. The first kappa shape index (κ1) is 31.8. The average Bonchev–Trinajstić information content (AvgIpc) is 3.87. The first-order chi connectivity index (χ1) is 22.0. The molecule has 3 saturated carbocycles. The van der Waals surface area contributed by atoms with Gasteiger partial charge < -0.3 is 19.5 Å². The summed E-state index contributed by atoms with van der Waals surface area (Å²) in [5, 5.41) is 5.06. The summed E-state index contributed by atoms with van der Waals surface area (Å²) in [4.78, 5) is 59.9. The van der Waals surface area contributed by atoms with Crippen LogP contribution in [0.15, 0.2) is 49.1 Å². The number of sulfonamides is 1. The van der Waals surface area contributed by atoms with E-state index in [0.29, 0.717) is 30.8 Å². The van der Waals surface area contributed by atoms with Crippen molar-refractivity contribution in [2.75, 3.05) is 18.9 Å². The van der Waals surface area contributed by atoms with Gasteiger partial charge in [0.05, 0.1) is 34.8 Å². The number of imidazole rings is 1. The van der Waals surface area contributed by atoms with E-state index >= 15 is 0 Å². The second-order valence-electron chi connectivity index (χ2n) is 13.0. The van der Waals surface area contributed by atoms with E-state index in [9.17, 15) is 27.6 Å². The minimum Gasteiger partial charge on any atom is -0.446 e. The summed E-state index contributed by atoms with van der Waals surface area (Å²) in [6.07, 6.45) is 11.1. The van der Waals surface area contributed by atoms with Crippen LogP contribution in [0.25, 0.3) is 5.69 Å². The molecular formula is C32H40N6O7S. The molecule has 14 heteroatoms. The lowest BCUT2D eigenvalue weighted by Crippen LogP contribution is -2.54. The molecule has 4 amide bonds. The number of amides is 4. The van der Waals surface area contributed by atoms with Crippen LogP contribution < -0.4 is 15.4 Å². The van der Waals surface area contributed by atoms with Crippen LogP contribution in [0.4, 0.5) is 10.5 Å². The number of hydrogen-bond acceptors (Lipinski definition) is 8. The first-order valence-corrected chi connectivity index (χ1v) is 17.4. The summed E-state index contributed by atoms with van der Waals surface area (Å²) in [5.74, 6) is -3.57. The van der Waals surface area contributed by atoms with Crippen LogP contribution in [0.5, 0.6) is 0 Å². The Morgan fingerprint density at radius 3 is 2.65 bits per heavy atom. The van der Waals surface area contributed by atoms with Gasteiger partial charge in [0, 0.05) is 31.9 Å². The van der Waals surface area contributed by atoms with Crippen molar-refractivity contribution in [1.82, 2.24) is 24.5 Å². The molecule has 246 valence electrons. The van der Waals surface area contributed by atoms with Crippen molar-refractivity contribution in [3.63, 3.8) is 0 Å². The molecule has 0 radical (unpaired) electrons. The van der Waals surface area contributed by atoms with Gasteiger partial charge in [0.1, 0.15) is 11.6 Å². The molecule has 6 rings (SSSR count). The number of carbonyl (C=O) groups is 4. The molecule has 1 aromatic heterocycles. The number of allylic oxidation sites excluding steroid dienone is 1. The molecule has 0 saturated heterocycles. The van der Waals surface area contributed by atoms with Crippen molar-refractivity contribution < 1.29 is 32.3 Å². The van der Waals surface area contributed by atoms with Crippen molar-refractivity contribution in [3.8, 4) is 5.69 Å². The molecule has 46 heavy (non-hydrogen) atoms. The molecule has 3 fully saturated rings. The highest BCUT2D eigenvalue weighted by Crippen LogP contribution is 2.47. The highest BCUT2D eigenvalue weighted by atomic mass is 32.2. The Morgan fingerprint density at radius 2 is 1.91 bits per heavy atom. The van der Waals surface area contributed by atoms with E-state index in [-0.39, 0.29) is 31.1 Å². The SMILES string of the molecule is Cc1ccc(-n2ccnc2)c(NC(=O)OC2CC3C(=O)NC4(C(=O)NS(=O)(=O)C5CC5)CC4/C=C/CCCCN(C)C(=O)C3C2)c1. The largest absolute Gasteiger partial charge is 0.446 e. The summed E-state index contributed by atoms with van der Waals surface area (Å²) < 4.78 is 35.0. The Kier molecular flexibility index (Phi) is 8.66. The van der Waals surface area contributed by atoms with E-state index in [4.69, 9.17) is 4.74 Å². The number of benzene rings is 1. The molecule has 2 aromatic rings. The Morgan fingerprint density at radius 1 is 1.13 bits per heavy atom. The first-order valence-electron chi connectivity index (χ1n) is 15.8. The van der Waals surface area contributed by atoms with E-state index in [0.717, 1.165) is 24.8 Å². The fourth-order valence-electron chi connectivity index (χ4n) is 6.56. The van der Waals surface area contributed by atoms with E-state index in [1.807, 2.05) is 37.3 Å². The van der Waals surface area contributed by atoms with E-state index in [1.165, 1.54) is 0 Å². The van der Waals surface area contributed by atoms with Gasteiger partial charge >= 0.3 is 6.09 Å². The number of nitrogens with one attached hydrogen (secondary N) is 3. The summed E-state index contributed by atoms with van der Waals surface area (Å²) in [6, 6.07) is 5.57. The molecule has 5 atom stereocenters. The van der Waals surface area contributed by atoms with Gasteiger partial charge in [0.15, 0.2) is 0 Å². The van der Waals surface area contributed by atoms with Gasteiger partial charge in [-0.1, -0.05) is 18.2 Å². The predicted octanol–water partition coefficient (Wildman–Crippen LogP) is 2.81. The maximum atomic E-state index is 13.9. The zero-order valence-electron chi connectivity index (χ0n) is 26.0. The van der Waals surface area contributed by atoms with Crippen molar-refractivity contribution in [3.05, 3.63) is 54.6 Å². The molecular weight excluding hydrogens is 612 g/mol. The number of fused-ring (bicyclic) bond motifs is 2. The molecule has 3 aliphatic carbocycles. The lowest BCUT2D eigenvalue weighted by molar-refractivity contribution is -0.140. The Hall–Kier alpha value is -4.20. The summed E-state index contributed by atoms with van der Waals surface area (Å²) in [5.41, 5.74) is 0.696. The summed E-state index contributed by atoms with van der Waals surface area (Å²) in [7, 11) is -2.13. The number of anilines is 1. The maximum Gasteiger partial charge on any atom is 0.411 e. The zero-order valence-corrected chi connectivity index (χ0v) is 26.8. The minimum absolute atomic E-state index is 0.0737. The predicted molar refractivity (Wildman–Crippen MR) is 168 cm³/mol. The third kappa shape index (κ3) is 6.67. The van der Waals surface area contributed by atoms with Gasteiger partial charge in [-0.25, -0.2) is 18.2 Å². The van der Waals surface area contributed by atoms with Crippen molar-refractivity contribution >= 4 is 39.5 Å². The average molecular weight is 653 g/mol. The second kappa shape index (κ2) is 12.5. The molecule has 13 nitrogen and oxygen atoms in total. The van der Waals surface area contributed by atoms with Crippen LogP contribution in [-0.2, 0) is 29.1 Å². The number of aromatic nitrogens is 2. The van der Waals surface area contributed by atoms with Crippen molar-refractivity contribution in [2.24, 2.45) is 17.8 Å². The van der Waals surface area contributed by atoms with Crippen LogP contribution >= 0.6 is 0 Å². The smallest absolute Gasteiger partial charge is 0.411 e. The van der Waals surface area contributed by atoms with Gasteiger partial charge in [-0.2, -0.15) is 0 Å². The lowest BCUT2D eigenvalue weighted by Gasteiger charge is -2.26. The number of aryl methyl sites for hydroxylation is 1. The van der Waals surface area contributed by atoms with Crippen molar-refractivity contribution in [1.29, 1.82) is 0 Å². The normalized spacial score (nSPS) is 29.0. The summed E-state index contributed by atoms with van der Waals surface area (Å²) in [6.45, 7) is 2.42. The third-order valence-corrected chi connectivity index (χ3v) is 11.3. The molecule has 1 aliphatic heterocycles. The number of nitrogens with zero attached hydrogens (tertiary/aromatic N) is 3. The van der Waals surface area contributed by atoms with Crippen LogP contribution in [0.3, 0.4) is 0 Å². The third-order valence-electron chi connectivity index (χ3n) is 9.44. The van der Waals surface area contributed by atoms with Crippen molar-refractivity contribution in [2.45, 2.75) is 75.2 Å². The molecule has 0 bridgehead atoms. The molecule has 4 aliphatic rings. The highest BCUT2D eigenvalue weighted by molar-refractivity contribution is 7.91. The highest BCUT2D eigenvalue weighted by Gasteiger charge is 2.62. The lowest BCUT2D eigenvalue weighted by atomic mass is 9.93. The van der Waals surface area contributed by atoms with Crippen LogP contribution in [-0.4, -0.2) is 77.2 Å². The number of hydrogen-bond donors (Lipinski definition) is 3. The quantitative estimate of drug-likeness (QED) is 0.401. The molecule has 3 N–H and O–H groups in total. The Bertz CT molecular complexity index is 1650. The molecule has 5 unspecified atom stereocenters.